The number of rotatable bonds is 4. The normalized spacial score (nSPS) is 24.7. The molecule has 1 aliphatic carbocycles. The van der Waals surface area contributed by atoms with Gasteiger partial charge in [0.2, 0.25) is 0 Å². The van der Waals surface area contributed by atoms with Crippen molar-refractivity contribution in [2.45, 2.75) is 51.5 Å². The molecule has 1 heterocycles. The van der Waals surface area contributed by atoms with Crippen LogP contribution in [0.3, 0.4) is 0 Å². The highest BCUT2D eigenvalue weighted by atomic mass is 35.5. The van der Waals surface area contributed by atoms with Crippen molar-refractivity contribution in [2.75, 3.05) is 6.54 Å². The molecular weight excluding hydrogens is 246 g/mol. The Bertz CT molecular complexity index is 367. The maximum absolute atomic E-state index is 6.30. The first-order valence-corrected chi connectivity index (χ1v) is 7.38. The molecule has 0 spiro atoms. The number of aromatic nitrogens is 2. The molecule has 3 nitrogen and oxygen atoms in total. The van der Waals surface area contributed by atoms with Gasteiger partial charge in [0.15, 0.2) is 0 Å². The average Bonchev–Trinajstić information content (AvgIpc) is 2.67. The van der Waals surface area contributed by atoms with Crippen LogP contribution in [-0.2, 0) is 7.05 Å². The van der Waals surface area contributed by atoms with Crippen molar-refractivity contribution in [1.29, 1.82) is 0 Å². The van der Waals surface area contributed by atoms with E-state index in [-0.39, 0.29) is 0 Å². The Hall–Kier alpha value is -0.540. The van der Waals surface area contributed by atoms with Crippen LogP contribution in [-0.4, -0.2) is 22.4 Å². The third kappa shape index (κ3) is 3.07. The lowest BCUT2D eigenvalue weighted by atomic mass is 9.77. The molecule has 0 aromatic carbocycles. The van der Waals surface area contributed by atoms with Gasteiger partial charge in [-0.05, 0) is 25.3 Å². The number of halogens is 1. The Kier molecular flexibility index (Phi) is 4.68. The van der Waals surface area contributed by atoms with E-state index in [0.717, 1.165) is 11.6 Å². The highest BCUT2D eigenvalue weighted by Gasteiger charge is 2.30. The third-order valence-corrected chi connectivity index (χ3v) is 4.28. The van der Waals surface area contributed by atoms with Crippen LogP contribution in [0.5, 0.6) is 0 Å². The van der Waals surface area contributed by atoms with E-state index in [1.807, 2.05) is 11.7 Å². The largest absolute Gasteiger partial charge is 0.314 e. The zero-order valence-corrected chi connectivity index (χ0v) is 12.4. The first kappa shape index (κ1) is 13.9. The van der Waals surface area contributed by atoms with E-state index in [1.165, 1.54) is 31.4 Å². The molecule has 2 unspecified atom stereocenters. The van der Waals surface area contributed by atoms with Crippen molar-refractivity contribution in [3.05, 3.63) is 16.9 Å². The number of aryl methyl sites for hydroxylation is 1. The zero-order valence-electron chi connectivity index (χ0n) is 11.6. The zero-order chi connectivity index (χ0) is 13.1. The first-order valence-electron chi connectivity index (χ1n) is 7.00. The van der Waals surface area contributed by atoms with Gasteiger partial charge >= 0.3 is 0 Å². The minimum atomic E-state index is 0.551. The van der Waals surface area contributed by atoms with Crippen LogP contribution in [0.25, 0.3) is 0 Å². The summed E-state index contributed by atoms with van der Waals surface area (Å²) in [6, 6.07) is 0.551. The number of hydrogen-bond acceptors (Lipinski definition) is 2. The smallest absolute Gasteiger partial charge is 0.0820 e. The molecule has 0 aliphatic heterocycles. The quantitative estimate of drug-likeness (QED) is 0.909. The summed E-state index contributed by atoms with van der Waals surface area (Å²) >= 11 is 6.30. The van der Waals surface area contributed by atoms with Crippen LogP contribution in [0.4, 0.5) is 0 Å². The van der Waals surface area contributed by atoms with Gasteiger partial charge in [0.1, 0.15) is 0 Å². The van der Waals surface area contributed by atoms with Crippen molar-refractivity contribution < 1.29 is 0 Å². The predicted molar refractivity (Wildman–Crippen MR) is 76.1 cm³/mol. The average molecular weight is 270 g/mol. The molecular formula is C14H24ClN3. The molecule has 1 saturated carbocycles. The van der Waals surface area contributed by atoms with Gasteiger partial charge in [-0.2, -0.15) is 5.10 Å². The van der Waals surface area contributed by atoms with Crippen molar-refractivity contribution in [1.82, 2.24) is 15.1 Å². The van der Waals surface area contributed by atoms with E-state index in [0.29, 0.717) is 17.9 Å². The molecule has 2 atom stereocenters. The third-order valence-electron chi connectivity index (χ3n) is 3.99. The van der Waals surface area contributed by atoms with Gasteiger partial charge in [0.05, 0.1) is 16.9 Å². The molecule has 0 bridgehead atoms. The molecule has 1 aromatic rings. The van der Waals surface area contributed by atoms with E-state index in [4.69, 9.17) is 11.6 Å². The Morgan fingerprint density at radius 3 is 2.78 bits per heavy atom. The van der Waals surface area contributed by atoms with Crippen molar-refractivity contribution in [3.63, 3.8) is 0 Å². The first-order chi connectivity index (χ1) is 8.59. The van der Waals surface area contributed by atoms with E-state index in [1.54, 1.807) is 6.20 Å². The molecule has 0 radical (unpaired) electrons. The molecule has 4 heteroatoms. The molecule has 1 fully saturated rings. The Morgan fingerprint density at radius 2 is 2.17 bits per heavy atom. The van der Waals surface area contributed by atoms with Crippen LogP contribution in [0.15, 0.2) is 6.20 Å². The lowest BCUT2D eigenvalue weighted by Gasteiger charge is -2.32. The topological polar surface area (TPSA) is 29.9 Å². The van der Waals surface area contributed by atoms with Gasteiger partial charge in [-0.3, -0.25) is 4.68 Å². The van der Waals surface area contributed by atoms with E-state index >= 15 is 0 Å². The Balaban J connectivity index is 2.12. The van der Waals surface area contributed by atoms with Crippen LogP contribution in [0.1, 0.15) is 51.1 Å². The molecule has 0 amide bonds. The maximum atomic E-state index is 6.30. The van der Waals surface area contributed by atoms with Gasteiger partial charge in [0.25, 0.3) is 0 Å². The lowest BCUT2D eigenvalue weighted by Crippen LogP contribution is -2.34. The molecule has 1 N–H and O–H groups in total. The summed E-state index contributed by atoms with van der Waals surface area (Å²) in [5, 5.41) is 8.69. The SMILES string of the molecule is CC(C)NCC1CCCCC1c1c(Cl)cnn1C. The second kappa shape index (κ2) is 6.07. The minimum Gasteiger partial charge on any atom is -0.314 e. The second-order valence-corrected chi connectivity index (χ2v) is 6.12. The summed E-state index contributed by atoms with van der Waals surface area (Å²) in [5.41, 5.74) is 1.23. The second-order valence-electron chi connectivity index (χ2n) is 5.72. The molecule has 102 valence electrons. The maximum Gasteiger partial charge on any atom is 0.0820 e. The summed E-state index contributed by atoms with van der Waals surface area (Å²) in [7, 11) is 2.00. The van der Waals surface area contributed by atoms with Crippen LogP contribution < -0.4 is 5.32 Å². The van der Waals surface area contributed by atoms with Crippen molar-refractivity contribution in [3.8, 4) is 0 Å². The van der Waals surface area contributed by atoms with Crippen LogP contribution in [0, 0.1) is 5.92 Å². The molecule has 0 saturated heterocycles. The molecule has 1 aromatic heterocycles. The van der Waals surface area contributed by atoms with E-state index in [2.05, 4.69) is 24.3 Å². The fraction of sp³-hybridized carbons (Fsp3) is 0.786. The van der Waals surface area contributed by atoms with Gasteiger partial charge < -0.3 is 5.32 Å². The molecule has 1 aliphatic rings. The standard InChI is InChI=1S/C14H24ClN3/c1-10(2)16-8-11-6-4-5-7-12(11)14-13(15)9-17-18(14)3/h9-12,16H,4-8H2,1-3H3. The van der Waals surface area contributed by atoms with Gasteiger partial charge in [-0.25, -0.2) is 0 Å². The van der Waals surface area contributed by atoms with Crippen LogP contribution in [0.2, 0.25) is 5.02 Å². The number of nitrogens with zero attached hydrogens (tertiary/aromatic N) is 2. The van der Waals surface area contributed by atoms with Gasteiger partial charge in [-0.1, -0.05) is 38.3 Å². The fourth-order valence-corrected chi connectivity index (χ4v) is 3.34. The predicted octanol–water partition coefficient (Wildman–Crippen LogP) is 3.35. The summed E-state index contributed by atoms with van der Waals surface area (Å²) in [6.45, 7) is 5.49. The molecule has 18 heavy (non-hydrogen) atoms. The van der Waals surface area contributed by atoms with Crippen molar-refractivity contribution in [2.24, 2.45) is 13.0 Å². The van der Waals surface area contributed by atoms with Crippen LogP contribution >= 0.6 is 11.6 Å². The van der Waals surface area contributed by atoms with Gasteiger partial charge in [0, 0.05) is 19.0 Å². The lowest BCUT2D eigenvalue weighted by molar-refractivity contribution is 0.280. The Labute approximate surface area is 115 Å². The fourth-order valence-electron chi connectivity index (χ4n) is 3.04. The summed E-state index contributed by atoms with van der Waals surface area (Å²) in [6.07, 6.45) is 6.97. The van der Waals surface area contributed by atoms with E-state index in [9.17, 15) is 0 Å². The summed E-state index contributed by atoms with van der Waals surface area (Å²) in [5.74, 6) is 1.25. The molecule has 2 rings (SSSR count). The Morgan fingerprint density at radius 1 is 1.44 bits per heavy atom. The highest BCUT2D eigenvalue weighted by molar-refractivity contribution is 6.31. The van der Waals surface area contributed by atoms with E-state index < -0.39 is 0 Å². The van der Waals surface area contributed by atoms with Crippen molar-refractivity contribution >= 4 is 11.6 Å². The minimum absolute atomic E-state index is 0.551. The summed E-state index contributed by atoms with van der Waals surface area (Å²) < 4.78 is 1.96. The number of nitrogens with one attached hydrogen (secondary N) is 1. The highest BCUT2D eigenvalue weighted by Crippen LogP contribution is 2.39. The number of hydrogen-bond donors (Lipinski definition) is 1. The summed E-state index contributed by atoms with van der Waals surface area (Å²) in [4.78, 5) is 0. The monoisotopic (exact) mass is 269 g/mol. The van der Waals surface area contributed by atoms with Gasteiger partial charge in [-0.15, -0.1) is 0 Å².